The van der Waals surface area contributed by atoms with Crippen molar-refractivity contribution in [2.75, 3.05) is 13.2 Å². The largest absolute Gasteiger partial charge is 0.462 e. The highest BCUT2D eigenvalue weighted by molar-refractivity contribution is 5.89. The number of carbonyl (C=O) groups excluding carboxylic acids is 1. The molecule has 1 aliphatic rings. The number of aliphatic hydroxyl groups excluding tert-OH is 1. The van der Waals surface area contributed by atoms with Crippen molar-refractivity contribution in [3.8, 4) is 0 Å². The molecule has 2 rings (SSSR count). The van der Waals surface area contributed by atoms with Gasteiger partial charge in [0.25, 0.3) is 0 Å². The van der Waals surface area contributed by atoms with Crippen LogP contribution in [-0.4, -0.2) is 24.3 Å². The molecule has 16 heavy (non-hydrogen) atoms. The maximum Gasteiger partial charge on any atom is 0.338 e. The molecule has 0 spiro atoms. The van der Waals surface area contributed by atoms with Crippen LogP contribution < -0.4 is 0 Å². The smallest absolute Gasteiger partial charge is 0.338 e. The van der Waals surface area contributed by atoms with E-state index >= 15 is 0 Å². The Hall–Kier alpha value is -1.35. The van der Waals surface area contributed by atoms with Gasteiger partial charge in [-0.05, 0) is 37.8 Å². The molecule has 3 heteroatoms. The minimum absolute atomic E-state index is 0.256. The first-order chi connectivity index (χ1) is 7.77. The number of aliphatic hydroxyl groups is 1. The van der Waals surface area contributed by atoms with Crippen molar-refractivity contribution in [1.82, 2.24) is 0 Å². The molecule has 1 aromatic carbocycles. The molecule has 0 bridgehead atoms. The van der Waals surface area contributed by atoms with E-state index in [0.29, 0.717) is 24.7 Å². The van der Waals surface area contributed by atoms with E-state index in [9.17, 15) is 4.79 Å². The van der Waals surface area contributed by atoms with Crippen LogP contribution in [0.1, 0.15) is 30.1 Å². The molecular formula is C13H18O3. The normalized spacial score (nSPS) is 13.6. The summed E-state index contributed by atoms with van der Waals surface area (Å²) in [6, 6.07) is 8.96. The summed E-state index contributed by atoms with van der Waals surface area (Å²) in [5, 5.41) is 8.21. The van der Waals surface area contributed by atoms with Crippen molar-refractivity contribution in [1.29, 1.82) is 0 Å². The SMILES string of the molecule is CCOC(=O)c1ccccc1.OCC1CC1. The van der Waals surface area contributed by atoms with Crippen LogP contribution in [0, 0.1) is 5.92 Å². The first-order valence-corrected chi connectivity index (χ1v) is 5.61. The van der Waals surface area contributed by atoms with Gasteiger partial charge in [0.05, 0.1) is 12.2 Å². The third-order valence-corrected chi connectivity index (χ3v) is 2.24. The Labute approximate surface area is 96.1 Å². The summed E-state index contributed by atoms with van der Waals surface area (Å²) < 4.78 is 4.79. The zero-order valence-electron chi connectivity index (χ0n) is 9.56. The van der Waals surface area contributed by atoms with E-state index in [1.165, 1.54) is 12.8 Å². The van der Waals surface area contributed by atoms with Crippen LogP contribution in [0.5, 0.6) is 0 Å². The van der Waals surface area contributed by atoms with Crippen LogP contribution >= 0.6 is 0 Å². The van der Waals surface area contributed by atoms with Gasteiger partial charge < -0.3 is 9.84 Å². The number of esters is 1. The second kappa shape index (κ2) is 7.01. The lowest BCUT2D eigenvalue weighted by Gasteiger charge is -1.99. The topological polar surface area (TPSA) is 46.5 Å². The molecule has 0 amide bonds. The van der Waals surface area contributed by atoms with Crippen LogP contribution in [0.4, 0.5) is 0 Å². The van der Waals surface area contributed by atoms with Crippen LogP contribution in [-0.2, 0) is 4.74 Å². The minimum atomic E-state index is -0.256. The Bertz CT molecular complexity index is 304. The number of carbonyl (C=O) groups is 1. The predicted molar refractivity (Wildman–Crippen MR) is 62.2 cm³/mol. The number of hydrogen-bond donors (Lipinski definition) is 1. The summed E-state index contributed by atoms with van der Waals surface area (Å²) in [6.07, 6.45) is 2.52. The second-order valence-corrected chi connectivity index (χ2v) is 3.71. The average Bonchev–Trinajstić information content (AvgIpc) is 3.15. The van der Waals surface area contributed by atoms with Gasteiger partial charge in [0.2, 0.25) is 0 Å². The van der Waals surface area contributed by atoms with Crippen LogP contribution in [0.2, 0.25) is 0 Å². The fourth-order valence-electron chi connectivity index (χ4n) is 1.09. The van der Waals surface area contributed by atoms with Crippen LogP contribution in [0.25, 0.3) is 0 Å². The van der Waals surface area contributed by atoms with E-state index in [4.69, 9.17) is 9.84 Å². The maximum absolute atomic E-state index is 11.0. The summed E-state index contributed by atoms with van der Waals surface area (Å²) in [6.45, 7) is 2.63. The van der Waals surface area contributed by atoms with Gasteiger partial charge in [-0.15, -0.1) is 0 Å². The van der Waals surface area contributed by atoms with Gasteiger partial charge in [0.1, 0.15) is 0 Å². The third-order valence-electron chi connectivity index (χ3n) is 2.24. The third kappa shape index (κ3) is 4.94. The highest BCUT2D eigenvalue weighted by Crippen LogP contribution is 2.27. The molecule has 0 heterocycles. The van der Waals surface area contributed by atoms with Crippen molar-refractivity contribution in [2.45, 2.75) is 19.8 Å². The fraction of sp³-hybridized carbons (Fsp3) is 0.462. The first-order valence-electron chi connectivity index (χ1n) is 5.61. The summed E-state index contributed by atoms with van der Waals surface area (Å²) in [7, 11) is 0. The highest BCUT2D eigenvalue weighted by Gasteiger charge is 2.18. The first kappa shape index (κ1) is 12.7. The fourth-order valence-corrected chi connectivity index (χ4v) is 1.09. The molecule has 0 unspecified atom stereocenters. The lowest BCUT2D eigenvalue weighted by atomic mass is 10.2. The number of benzene rings is 1. The summed E-state index contributed by atoms with van der Waals surface area (Å²) in [5.41, 5.74) is 0.606. The molecule has 1 saturated carbocycles. The lowest BCUT2D eigenvalue weighted by Crippen LogP contribution is -2.03. The molecule has 0 aliphatic heterocycles. The Morgan fingerprint density at radius 1 is 1.38 bits per heavy atom. The highest BCUT2D eigenvalue weighted by atomic mass is 16.5. The van der Waals surface area contributed by atoms with Gasteiger partial charge in [0, 0.05) is 6.61 Å². The number of rotatable bonds is 3. The van der Waals surface area contributed by atoms with E-state index in [1.807, 2.05) is 18.2 Å². The van der Waals surface area contributed by atoms with E-state index < -0.39 is 0 Å². The predicted octanol–water partition coefficient (Wildman–Crippen LogP) is 2.25. The molecule has 1 aliphatic carbocycles. The molecular weight excluding hydrogens is 204 g/mol. The van der Waals surface area contributed by atoms with E-state index in [0.717, 1.165) is 0 Å². The zero-order valence-corrected chi connectivity index (χ0v) is 9.56. The molecule has 0 radical (unpaired) electrons. The van der Waals surface area contributed by atoms with Crippen LogP contribution in [0.3, 0.4) is 0 Å². The number of hydrogen-bond acceptors (Lipinski definition) is 3. The Morgan fingerprint density at radius 3 is 2.38 bits per heavy atom. The maximum atomic E-state index is 11.0. The van der Waals surface area contributed by atoms with Gasteiger partial charge in [-0.3, -0.25) is 0 Å². The number of ether oxygens (including phenoxy) is 1. The summed E-state index contributed by atoms with van der Waals surface area (Å²) >= 11 is 0. The lowest BCUT2D eigenvalue weighted by molar-refractivity contribution is 0.0526. The van der Waals surface area contributed by atoms with Crippen LogP contribution in [0.15, 0.2) is 30.3 Å². The molecule has 1 N–H and O–H groups in total. The van der Waals surface area contributed by atoms with E-state index in [-0.39, 0.29) is 5.97 Å². The van der Waals surface area contributed by atoms with Gasteiger partial charge in [-0.25, -0.2) is 4.79 Å². The van der Waals surface area contributed by atoms with Crippen molar-refractivity contribution < 1.29 is 14.6 Å². The van der Waals surface area contributed by atoms with Crippen molar-refractivity contribution >= 4 is 5.97 Å². The monoisotopic (exact) mass is 222 g/mol. The second-order valence-electron chi connectivity index (χ2n) is 3.71. The van der Waals surface area contributed by atoms with Crippen molar-refractivity contribution in [3.63, 3.8) is 0 Å². The summed E-state index contributed by atoms with van der Waals surface area (Å²) in [4.78, 5) is 11.0. The Kier molecular flexibility index (Phi) is 5.57. The molecule has 0 saturated heterocycles. The average molecular weight is 222 g/mol. The Balaban J connectivity index is 0.000000212. The standard InChI is InChI=1S/C9H10O2.C4H8O/c1-2-11-9(10)8-6-4-3-5-7-8;5-3-4-1-2-4/h3-7H,2H2,1H3;4-5H,1-3H2. The van der Waals surface area contributed by atoms with E-state index in [2.05, 4.69) is 0 Å². The molecule has 3 nitrogen and oxygen atoms in total. The van der Waals surface area contributed by atoms with E-state index in [1.54, 1.807) is 19.1 Å². The van der Waals surface area contributed by atoms with Crippen molar-refractivity contribution in [2.24, 2.45) is 5.92 Å². The Morgan fingerprint density at radius 2 is 2.00 bits per heavy atom. The minimum Gasteiger partial charge on any atom is -0.462 e. The van der Waals surface area contributed by atoms with Gasteiger partial charge in [-0.2, -0.15) is 0 Å². The zero-order chi connectivity index (χ0) is 11.8. The van der Waals surface area contributed by atoms with Gasteiger partial charge in [0.15, 0.2) is 0 Å². The van der Waals surface area contributed by atoms with Crippen molar-refractivity contribution in [3.05, 3.63) is 35.9 Å². The van der Waals surface area contributed by atoms with Gasteiger partial charge in [-0.1, -0.05) is 18.2 Å². The molecule has 1 aromatic rings. The molecule has 0 aromatic heterocycles. The van der Waals surface area contributed by atoms with Gasteiger partial charge >= 0.3 is 5.97 Å². The quantitative estimate of drug-likeness (QED) is 0.798. The summed E-state index contributed by atoms with van der Waals surface area (Å²) in [5.74, 6) is 0.433. The molecule has 1 fully saturated rings. The molecule has 0 atom stereocenters. The molecule has 88 valence electrons.